The molecule has 0 saturated carbocycles. The third-order valence-corrected chi connectivity index (χ3v) is 5.89. The lowest BCUT2D eigenvalue weighted by molar-refractivity contribution is -0.145. The summed E-state index contributed by atoms with van der Waals surface area (Å²) < 4.78 is 0. The zero-order valence-corrected chi connectivity index (χ0v) is 19.0. The molecule has 4 heteroatoms. The number of hydrogen-bond donors (Lipinski definition) is 1. The topological polar surface area (TPSA) is 43.8 Å². The molecule has 1 unspecified atom stereocenters. The Morgan fingerprint density at radius 1 is 0.933 bits per heavy atom. The van der Waals surface area contributed by atoms with Gasteiger partial charge < -0.3 is 10.0 Å². The zero-order chi connectivity index (χ0) is 21.9. The quantitative estimate of drug-likeness (QED) is 0.696. The van der Waals surface area contributed by atoms with Gasteiger partial charge in [-0.2, -0.15) is 0 Å². The Kier molecular flexibility index (Phi) is 10.0. The second kappa shape index (κ2) is 12.5. The molecule has 3 rings (SSSR count). The van der Waals surface area contributed by atoms with Crippen molar-refractivity contribution >= 4 is 5.91 Å². The minimum Gasteiger partial charge on any atom is -0.382 e. The first-order chi connectivity index (χ1) is 14.6. The van der Waals surface area contributed by atoms with E-state index < -0.39 is 6.10 Å². The van der Waals surface area contributed by atoms with E-state index in [9.17, 15) is 9.90 Å². The van der Waals surface area contributed by atoms with Crippen LogP contribution in [0.2, 0.25) is 0 Å². The summed E-state index contributed by atoms with van der Waals surface area (Å²) in [6, 6.07) is 20.3. The highest BCUT2D eigenvalue weighted by Crippen LogP contribution is 2.27. The van der Waals surface area contributed by atoms with Crippen molar-refractivity contribution in [3.05, 3.63) is 71.8 Å². The number of amides is 1. The molecule has 0 spiro atoms. The van der Waals surface area contributed by atoms with Gasteiger partial charge in [-0.25, -0.2) is 0 Å². The highest BCUT2D eigenvalue weighted by molar-refractivity contribution is 5.81. The van der Waals surface area contributed by atoms with E-state index in [1.807, 2.05) is 62.1 Å². The summed E-state index contributed by atoms with van der Waals surface area (Å²) in [5.74, 6) is -0.134. The van der Waals surface area contributed by atoms with Gasteiger partial charge in [0.2, 0.25) is 0 Å². The Morgan fingerprint density at radius 3 is 2.03 bits per heavy atom. The van der Waals surface area contributed by atoms with E-state index in [4.69, 9.17) is 0 Å². The number of piperidine rings is 1. The summed E-state index contributed by atoms with van der Waals surface area (Å²) in [5.41, 5.74) is 2.36. The van der Waals surface area contributed by atoms with Gasteiger partial charge >= 0.3 is 0 Å². The van der Waals surface area contributed by atoms with Crippen molar-refractivity contribution in [2.75, 3.05) is 13.1 Å². The molecule has 0 aliphatic carbocycles. The number of carbonyl (C=O) groups excluding carboxylic acids is 1. The van der Waals surface area contributed by atoms with Crippen LogP contribution in [0, 0.1) is 0 Å². The molecule has 4 nitrogen and oxygen atoms in total. The molecule has 1 heterocycles. The minimum absolute atomic E-state index is 0.0835. The maximum atomic E-state index is 12.9. The van der Waals surface area contributed by atoms with Crippen molar-refractivity contribution in [1.82, 2.24) is 9.80 Å². The lowest BCUT2D eigenvalue weighted by Gasteiger charge is -2.38. The number of hydrogen-bond acceptors (Lipinski definition) is 3. The number of likely N-dealkylation sites (tertiary alicyclic amines) is 1. The number of benzene rings is 2. The van der Waals surface area contributed by atoms with E-state index in [0.29, 0.717) is 6.54 Å². The lowest BCUT2D eigenvalue weighted by Crippen LogP contribution is -2.51. The predicted molar refractivity (Wildman–Crippen MR) is 124 cm³/mol. The molecule has 1 amide bonds. The summed E-state index contributed by atoms with van der Waals surface area (Å²) in [5, 5.41) is 10.9. The molecule has 3 atom stereocenters. The molecule has 1 N–H and O–H groups in total. The van der Waals surface area contributed by atoms with Crippen LogP contribution in [-0.4, -0.2) is 46.0 Å². The summed E-state index contributed by atoms with van der Waals surface area (Å²) >= 11 is 0. The van der Waals surface area contributed by atoms with Crippen molar-refractivity contribution in [1.29, 1.82) is 0 Å². The number of nitrogens with zero attached hydrogens (tertiary/aromatic N) is 2. The first kappa shape index (κ1) is 24.1. The molecular weight excluding hydrogens is 372 g/mol. The molecule has 1 aliphatic heterocycles. The van der Waals surface area contributed by atoms with E-state index in [1.165, 1.54) is 17.5 Å². The van der Waals surface area contributed by atoms with Crippen molar-refractivity contribution < 1.29 is 9.90 Å². The number of carbonyl (C=O) groups is 1. The van der Waals surface area contributed by atoms with Crippen LogP contribution < -0.4 is 0 Å². The van der Waals surface area contributed by atoms with Gasteiger partial charge in [0.15, 0.2) is 0 Å². The standard InChI is InChI=1S/C24H32N2O2.C2H6/c1-19(22-14-8-4-9-15-22)26(18-21-12-6-3-7-13-21)20(2)23(27)24(28)25-16-10-5-11-17-25;1-2/h3-4,6-9,12-15,19-20,23,27H,5,10-11,16-18H2,1-2H3;1-2H3/t19-,20-,23?;/m1./s1. The van der Waals surface area contributed by atoms with E-state index in [-0.39, 0.29) is 18.0 Å². The fraction of sp³-hybridized carbons (Fsp3) is 0.500. The van der Waals surface area contributed by atoms with Crippen LogP contribution in [0.4, 0.5) is 0 Å². The lowest BCUT2D eigenvalue weighted by atomic mass is 10.0. The molecule has 0 bridgehead atoms. The van der Waals surface area contributed by atoms with E-state index in [0.717, 1.165) is 25.9 Å². The Balaban J connectivity index is 0.00000155. The van der Waals surface area contributed by atoms with Gasteiger partial charge in [0.1, 0.15) is 6.10 Å². The monoisotopic (exact) mass is 410 g/mol. The molecule has 164 valence electrons. The summed E-state index contributed by atoms with van der Waals surface area (Å²) in [4.78, 5) is 17.0. The maximum Gasteiger partial charge on any atom is 0.253 e. The molecule has 2 aromatic rings. The van der Waals surface area contributed by atoms with Gasteiger partial charge in [-0.15, -0.1) is 0 Å². The average molecular weight is 411 g/mol. The second-order valence-electron chi connectivity index (χ2n) is 7.82. The Hall–Kier alpha value is -2.17. The molecule has 2 aromatic carbocycles. The predicted octanol–water partition coefficient (Wildman–Crippen LogP) is 5.04. The number of aliphatic hydroxyl groups excluding tert-OH is 1. The normalized spacial score (nSPS) is 16.9. The van der Waals surface area contributed by atoms with Crippen LogP contribution in [0.1, 0.15) is 64.1 Å². The van der Waals surface area contributed by atoms with Crippen LogP contribution in [0.3, 0.4) is 0 Å². The minimum atomic E-state index is -1.02. The summed E-state index contributed by atoms with van der Waals surface area (Å²) in [7, 11) is 0. The molecule has 1 saturated heterocycles. The van der Waals surface area contributed by atoms with Gasteiger partial charge in [0.25, 0.3) is 5.91 Å². The molecule has 0 aromatic heterocycles. The smallest absolute Gasteiger partial charge is 0.253 e. The average Bonchev–Trinajstić information content (AvgIpc) is 2.83. The van der Waals surface area contributed by atoms with Crippen LogP contribution in [0.25, 0.3) is 0 Å². The van der Waals surface area contributed by atoms with Crippen LogP contribution in [0.5, 0.6) is 0 Å². The zero-order valence-electron chi connectivity index (χ0n) is 19.0. The van der Waals surface area contributed by atoms with Crippen LogP contribution in [0.15, 0.2) is 60.7 Å². The number of rotatable bonds is 7. The molecule has 1 fully saturated rings. The highest BCUT2D eigenvalue weighted by atomic mass is 16.3. The van der Waals surface area contributed by atoms with Crippen LogP contribution in [-0.2, 0) is 11.3 Å². The Labute approximate surface area is 182 Å². The molecule has 1 aliphatic rings. The van der Waals surface area contributed by atoms with Crippen molar-refractivity contribution in [2.45, 2.75) is 71.7 Å². The van der Waals surface area contributed by atoms with E-state index >= 15 is 0 Å². The van der Waals surface area contributed by atoms with Crippen molar-refractivity contribution in [2.24, 2.45) is 0 Å². The van der Waals surface area contributed by atoms with Gasteiger partial charge in [-0.1, -0.05) is 74.5 Å². The fourth-order valence-electron chi connectivity index (χ4n) is 4.04. The first-order valence-corrected chi connectivity index (χ1v) is 11.4. The summed E-state index contributed by atoms with van der Waals surface area (Å²) in [6.07, 6.45) is 2.20. The number of aliphatic hydroxyl groups is 1. The van der Waals surface area contributed by atoms with E-state index in [2.05, 4.69) is 36.1 Å². The van der Waals surface area contributed by atoms with Gasteiger partial charge in [0, 0.05) is 31.7 Å². The van der Waals surface area contributed by atoms with Crippen LogP contribution >= 0.6 is 0 Å². The third kappa shape index (κ3) is 6.41. The first-order valence-electron chi connectivity index (χ1n) is 11.4. The molecule has 0 radical (unpaired) electrons. The maximum absolute atomic E-state index is 12.9. The third-order valence-electron chi connectivity index (χ3n) is 5.89. The molecular formula is C26H38N2O2. The van der Waals surface area contributed by atoms with Gasteiger partial charge in [-0.05, 0) is 44.2 Å². The fourth-order valence-corrected chi connectivity index (χ4v) is 4.04. The van der Waals surface area contributed by atoms with Crippen molar-refractivity contribution in [3.8, 4) is 0 Å². The molecule has 30 heavy (non-hydrogen) atoms. The van der Waals surface area contributed by atoms with E-state index in [1.54, 1.807) is 0 Å². The van der Waals surface area contributed by atoms with Crippen molar-refractivity contribution in [3.63, 3.8) is 0 Å². The Morgan fingerprint density at radius 2 is 1.47 bits per heavy atom. The summed E-state index contributed by atoms with van der Waals surface area (Å²) in [6.45, 7) is 10.3. The Bertz CT molecular complexity index is 729. The largest absolute Gasteiger partial charge is 0.382 e. The van der Waals surface area contributed by atoms with Gasteiger partial charge in [0.05, 0.1) is 0 Å². The highest BCUT2D eigenvalue weighted by Gasteiger charge is 2.33. The van der Waals surface area contributed by atoms with Gasteiger partial charge in [-0.3, -0.25) is 9.69 Å². The second-order valence-corrected chi connectivity index (χ2v) is 7.82. The SMILES string of the molecule is CC.C[C@H](c1ccccc1)N(Cc1ccccc1)[C@H](C)C(O)C(=O)N1CCCCC1.